The lowest BCUT2D eigenvalue weighted by Crippen LogP contribution is -2.31. The maximum absolute atomic E-state index is 13.3. The first-order valence-corrected chi connectivity index (χ1v) is 10.2. The SMILES string of the molecule is CCN(Cc1cccc(F)c1)C(=O)CSc1nnc(SCC(N)=O)s1. The highest BCUT2D eigenvalue weighted by atomic mass is 32.2. The number of nitrogens with two attached hydrogens (primary N) is 1. The summed E-state index contributed by atoms with van der Waals surface area (Å²) in [5, 5.41) is 7.93. The third-order valence-corrected chi connectivity index (χ3v) is 6.24. The highest BCUT2D eigenvalue weighted by molar-refractivity contribution is 8.03. The second-order valence-electron chi connectivity index (χ2n) is 4.92. The fourth-order valence-corrected chi connectivity index (χ4v) is 4.56. The third kappa shape index (κ3) is 6.63. The minimum Gasteiger partial charge on any atom is -0.369 e. The van der Waals surface area contributed by atoms with E-state index in [-0.39, 0.29) is 23.2 Å². The Morgan fingerprint density at radius 2 is 1.92 bits per heavy atom. The highest BCUT2D eigenvalue weighted by Crippen LogP contribution is 2.28. The van der Waals surface area contributed by atoms with Crippen molar-refractivity contribution in [1.82, 2.24) is 15.1 Å². The zero-order valence-electron chi connectivity index (χ0n) is 13.5. The number of amides is 2. The first-order chi connectivity index (χ1) is 12.0. The topological polar surface area (TPSA) is 89.2 Å². The molecule has 2 aromatic rings. The quantitative estimate of drug-likeness (QED) is 0.650. The number of halogens is 1. The van der Waals surface area contributed by atoms with E-state index in [1.807, 2.05) is 6.92 Å². The molecule has 0 atom stereocenters. The number of aromatic nitrogens is 2. The molecule has 6 nitrogen and oxygen atoms in total. The van der Waals surface area contributed by atoms with Crippen LogP contribution in [-0.4, -0.2) is 45.0 Å². The average molecular weight is 401 g/mol. The van der Waals surface area contributed by atoms with Gasteiger partial charge < -0.3 is 10.6 Å². The number of carbonyl (C=O) groups is 2. The van der Waals surface area contributed by atoms with E-state index >= 15 is 0 Å². The number of primary amides is 1. The monoisotopic (exact) mass is 400 g/mol. The standard InChI is InChI=1S/C15H17FN4O2S3/c1-2-20(7-10-4-3-5-11(16)6-10)13(22)9-24-15-19-18-14(25-15)23-8-12(17)21/h3-6H,2,7-9H2,1H3,(H2,17,21). The molecule has 0 saturated carbocycles. The number of hydrogen-bond acceptors (Lipinski definition) is 7. The van der Waals surface area contributed by atoms with Crippen LogP contribution in [0.15, 0.2) is 32.9 Å². The van der Waals surface area contributed by atoms with Gasteiger partial charge in [-0.2, -0.15) is 0 Å². The summed E-state index contributed by atoms with van der Waals surface area (Å²) in [6.07, 6.45) is 0. The molecule has 0 aliphatic rings. The maximum atomic E-state index is 13.3. The van der Waals surface area contributed by atoms with E-state index in [1.165, 1.54) is 47.0 Å². The largest absolute Gasteiger partial charge is 0.369 e. The van der Waals surface area contributed by atoms with Gasteiger partial charge in [-0.3, -0.25) is 9.59 Å². The van der Waals surface area contributed by atoms with E-state index in [2.05, 4.69) is 10.2 Å². The lowest BCUT2D eigenvalue weighted by atomic mass is 10.2. The summed E-state index contributed by atoms with van der Waals surface area (Å²) in [4.78, 5) is 24.8. The van der Waals surface area contributed by atoms with Crippen LogP contribution in [0.3, 0.4) is 0 Å². The Morgan fingerprint density at radius 3 is 2.52 bits per heavy atom. The first-order valence-electron chi connectivity index (χ1n) is 7.37. The molecule has 1 aromatic carbocycles. The summed E-state index contributed by atoms with van der Waals surface area (Å²) in [6.45, 7) is 2.78. The van der Waals surface area contributed by atoms with Gasteiger partial charge in [-0.05, 0) is 24.6 Å². The van der Waals surface area contributed by atoms with Crippen LogP contribution in [-0.2, 0) is 16.1 Å². The predicted octanol–water partition coefficient (Wildman–Crippen LogP) is 2.40. The molecule has 0 unspecified atom stereocenters. The van der Waals surface area contributed by atoms with Gasteiger partial charge in [0.15, 0.2) is 8.68 Å². The Bertz CT molecular complexity index is 741. The van der Waals surface area contributed by atoms with Crippen LogP contribution in [0.2, 0.25) is 0 Å². The predicted molar refractivity (Wildman–Crippen MR) is 98.0 cm³/mol. The molecule has 0 fully saturated rings. The van der Waals surface area contributed by atoms with E-state index in [0.717, 1.165) is 5.56 Å². The van der Waals surface area contributed by atoms with Crippen molar-refractivity contribution in [3.8, 4) is 0 Å². The second-order valence-corrected chi connectivity index (χ2v) is 8.34. The van der Waals surface area contributed by atoms with Gasteiger partial charge in [-0.15, -0.1) is 10.2 Å². The molecule has 2 N–H and O–H groups in total. The number of benzene rings is 1. The molecule has 134 valence electrons. The summed E-state index contributed by atoms with van der Waals surface area (Å²) in [5.74, 6) is -0.419. The number of thioether (sulfide) groups is 2. The van der Waals surface area contributed by atoms with Crippen LogP contribution in [0.25, 0.3) is 0 Å². The molecule has 1 aromatic heterocycles. The van der Waals surface area contributed by atoms with Crippen molar-refractivity contribution in [3.63, 3.8) is 0 Å². The molecule has 0 aliphatic heterocycles. The Hall–Kier alpha value is -1.65. The molecule has 0 spiro atoms. The van der Waals surface area contributed by atoms with Crippen molar-refractivity contribution in [2.75, 3.05) is 18.1 Å². The van der Waals surface area contributed by atoms with Crippen LogP contribution in [0, 0.1) is 5.82 Å². The van der Waals surface area contributed by atoms with Crippen molar-refractivity contribution < 1.29 is 14.0 Å². The van der Waals surface area contributed by atoms with E-state index in [0.29, 0.717) is 21.8 Å². The van der Waals surface area contributed by atoms with Gasteiger partial charge in [0, 0.05) is 13.1 Å². The van der Waals surface area contributed by atoms with Crippen molar-refractivity contribution in [2.45, 2.75) is 22.1 Å². The van der Waals surface area contributed by atoms with Gasteiger partial charge in [-0.1, -0.05) is 47.0 Å². The molecule has 0 aliphatic carbocycles. The Labute approximate surface area is 157 Å². The zero-order chi connectivity index (χ0) is 18.2. The summed E-state index contributed by atoms with van der Waals surface area (Å²) >= 11 is 3.83. The second kappa shape index (κ2) is 9.73. The van der Waals surface area contributed by atoms with Gasteiger partial charge in [0.1, 0.15) is 5.82 Å². The van der Waals surface area contributed by atoms with Gasteiger partial charge >= 0.3 is 0 Å². The number of nitrogens with zero attached hydrogens (tertiary/aromatic N) is 3. The summed E-state index contributed by atoms with van der Waals surface area (Å²) in [6, 6.07) is 6.22. The molecule has 0 radical (unpaired) electrons. The minimum absolute atomic E-state index is 0.0571. The fourth-order valence-electron chi connectivity index (χ4n) is 1.89. The molecule has 1 heterocycles. The lowest BCUT2D eigenvalue weighted by Gasteiger charge is -2.20. The van der Waals surface area contributed by atoms with Crippen LogP contribution >= 0.6 is 34.9 Å². The Morgan fingerprint density at radius 1 is 1.24 bits per heavy atom. The highest BCUT2D eigenvalue weighted by Gasteiger charge is 2.15. The maximum Gasteiger partial charge on any atom is 0.233 e. The summed E-state index contributed by atoms with van der Waals surface area (Å²) in [5.41, 5.74) is 5.84. The number of carbonyl (C=O) groups excluding carboxylic acids is 2. The van der Waals surface area contributed by atoms with Crippen LogP contribution in [0.5, 0.6) is 0 Å². The zero-order valence-corrected chi connectivity index (χ0v) is 15.9. The third-order valence-electron chi connectivity index (χ3n) is 3.04. The molecule has 0 bridgehead atoms. The van der Waals surface area contributed by atoms with Gasteiger partial charge in [-0.25, -0.2) is 4.39 Å². The summed E-state index contributed by atoms with van der Waals surface area (Å²) < 4.78 is 14.5. The Kier molecular flexibility index (Phi) is 7.66. The fraction of sp³-hybridized carbons (Fsp3) is 0.333. The Balaban J connectivity index is 1.86. The van der Waals surface area contributed by atoms with Crippen LogP contribution < -0.4 is 5.73 Å². The molecule has 2 rings (SSSR count). The lowest BCUT2D eigenvalue weighted by molar-refractivity contribution is -0.128. The molecule has 25 heavy (non-hydrogen) atoms. The number of hydrogen-bond donors (Lipinski definition) is 1. The van der Waals surface area contributed by atoms with Crippen molar-refractivity contribution >= 4 is 46.7 Å². The first kappa shape index (κ1) is 19.7. The van der Waals surface area contributed by atoms with Crippen molar-refractivity contribution in [2.24, 2.45) is 5.73 Å². The van der Waals surface area contributed by atoms with E-state index in [9.17, 15) is 14.0 Å². The molecule has 10 heteroatoms. The minimum atomic E-state index is -0.416. The van der Waals surface area contributed by atoms with Gasteiger partial charge in [0.2, 0.25) is 11.8 Å². The average Bonchev–Trinajstić information content (AvgIpc) is 3.03. The van der Waals surface area contributed by atoms with Crippen LogP contribution in [0.1, 0.15) is 12.5 Å². The normalized spacial score (nSPS) is 10.6. The van der Waals surface area contributed by atoms with E-state index < -0.39 is 5.91 Å². The van der Waals surface area contributed by atoms with E-state index in [4.69, 9.17) is 5.73 Å². The van der Waals surface area contributed by atoms with Gasteiger partial charge in [0.25, 0.3) is 0 Å². The van der Waals surface area contributed by atoms with Gasteiger partial charge in [0.05, 0.1) is 11.5 Å². The smallest absolute Gasteiger partial charge is 0.233 e. The van der Waals surface area contributed by atoms with Crippen molar-refractivity contribution in [1.29, 1.82) is 0 Å². The molecular formula is C15H17FN4O2S3. The molecule has 0 saturated heterocycles. The van der Waals surface area contributed by atoms with Crippen LogP contribution in [0.4, 0.5) is 4.39 Å². The number of rotatable bonds is 9. The van der Waals surface area contributed by atoms with E-state index in [1.54, 1.807) is 17.0 Å². The molecule has 2 amide bonds. The summed E-state index contributed by atoms with van der Waals surface area (Å²) in [7, 11) is 0. The van der Waals surface area contributed by atoms with Crippen molar-refractivity contribution in [3.05, 3.63) is 35.6 Å². The molecular weight excluding hydrogens is 383 g/mol.